The quantitative estimate of drug-likeness (QED) is 0.506. The molecule has 0 saturated carbocycles. The Morgan fingerprint density at radius 2 is 1.22 bits per heavy atom. The molecule has 0 aliphatic carbocycles. The Kier molecular flexibility index (Phi) is 7.71. The third kappa shape index (κ3) is 5.84. The van der Waals surface area contributed by atoms with E-state index >= 15 is 0 Å². The van der Waals surface area contributed by atoms with Crippen molar-refractivity contribution in [1.82, 2.24) is 14.5 Å². The number of nitrogens with one attached hydrogen (secondary N) is 1. The van der Waals surface area contributed by atoms with E-state index in [0.717, 1.165) is 39.1 Å². The van der Waals surface area contributed by atoms with Crippen LogP contribution in [0.3, 0.4) is 0 Å². The first-order valence-corrected chi connectivity index (χ1v) is 12.7. The normalized spacial score (nSPS) is 15.8. The molecule has 0 amide bonds. The average molecular weight is 450 g/mol. The van der Waals surface area contributed by atoms with Crippen LogP contribution in [-0.2, 0) is 10.0 Å². The third-order valence-electron chi connectivity index (χ3n) is 6.00. The summed E-state index contributed by atoms with van der Waals surface area (Å²) < 4.78 is 27.4. The fraction of sp³-hybridized carbons (Fsp3) is 0.308. The molecule has 1 aliphatic rings. The summed E-state index contributed by atoms with van der Waals surface area (Å²) in [4.78, 5) is 5.31. The van der Waals surface area contributed by atoms with Gasteiger partial charge in [0.25, 0.3) is 0 Å². The number of hydrogen-bond donors (Lipinski definition) is 1. The maximum atomic E-state index is 12.3. The van der Waals surface area contributed by atoms with E-state index in [1.54, 1.807) is 24.3 Å². The second kappa shape index (κ2) is 10.9. The van der Waals surface area contributed by atoms with E-state index < -0.39 is 10.0 Å². The number of sulfonamides is 1. The lowest BCUT2D eigenvalue weighted by Gasteiger charge is -2.39. The minimum Gasteiger partial charge on any atom is -0.301 e. The molecule has 0 bridgehead atoms. The molecule has 1 fully saturated rings. The number of rotatable bonds is 9. The fourth-order valence-corrected chi connectivity index (χ4v) is 5.42. The van der Waals surface area contributed by atoms with Gasteiger partial charge in [-0.15, -0.1) is 0 Å². The highest BCUT2D eigenvalue weighted by Crippen LogP contribution is 2.29. The van der Waals surface area contributed by atoms with Crippen molar-refractivity contribution >= 4 is 10.0 Å². The zero-order valence-corrected chi connectivity index (χ0v) is 19.1. The van der Waals surface area contributed by atoms with Gasteiger partial charge >= 0.3 is 0 Å². The Morgan fingerprint density at radius 1 is 0.719 bits per heavy atom. The summed E-state index contributed by atoms with van der Waals surface area (Å²) in [7, 11) is -3.42. The second-order valence-corrected chi connectivity index (χ2v) is 9.93. The van der Waals surface area contributed by atoms with Crippen LogP contribution in [0.5, 0.6) is 0 Å². The molecule has 1 saturated heterocycles. The Balaban J connectivity index is 1.29. The van der Waals surface area contributed by atoms with Gasteiger partial charge in [0.05, 0.1) is 10.9 Å². The lowest BCUT2D eigenvalue weighted by molar-refractivity contribution is 0.109. The molecule has 3 aromatic carbocycles. The summed E-state index contributed by atoms with van der Waals surface area (Å²) in [6.07, 6.45) is 0.798. The van der Waals surface area contributed by atoms with E-state index in [0.29, 0.717) is 11.4 Å². The lowest BCUT2D eigenvalue weighted by Crippen LogP contribution is -2.48. The van der Waals surface area contributed by atoms with Gasteiger partial charge in [-0.2, -0.15) is 0 Å². The minimum atomic E-state index is -3.42. The fourth-order valence-electron chi connectivity index (χ4n) is 4.32. The van der Waals surface area contributed by atoms with Crippen molar-refractivity contribution in [3.05, 3.63) is 102 Å². The number of benzene rings is 3. The largest absolute Gasteiger partial charge is 0.301 e. The van der Waals surface area contributed by atoms with Crippen molar-refractivity contribution in [3.63, 3.8) is 0 Å². The first kappa shape index (κ1) is 22.7. The van der Waals surface area contributed by atoms with Crippen LogP contribution in [0, 0.1) is 0 Å². The number of piperazine rings is 1. The van der Waals surface area contributed by atoms with Crippen molar-refractivity contribution in [2.45, 2.75) is 17.4 Å². The lowest BCUT2D eigenvalue weighted by atomic mass is 9.96. The molecule has 0 atom stereocenters. The SMILES string of the molecule is O=S(=O)(NCCCN1CCN(C(c2ccccc2)c2ccccc2)CC1)c1ccccc1. The first-order chi connectivity index (χ1) is 15.6. The van der Waals surface area contributed by atoms with Gasteiger partial charge in [-0.1, -0.05) is 78.9 Å². The predicted octanol–water partition coefficient (Wildman–Crippen LogP) is 3.76. The summed E-state index contributed by atoms with van der Waals surface area (Å²) in [5, 5.41) is 0. The maximum Gasteiger partial charge on any atom is 0.240 e. The van der Waals surface area contributed by atoms with Gasteiger partial charge in [0.2, 0.25) is 10.0 Å². The van der Waals surface area contributed by atoms with Crippen molar-refractivity contribution in [2.75, 3.05) is 39.3 Å². The topological polar surface area (TPSA) is 52.7 Å². The first-order valence-electron chi connectivity index (χ1n) is 11.2. The van der Waals surface area contributed by atoms with Gasteiger partial charge < -0.3 is 4.90 Å². The zero-order chi connectivity index (χ0) is 22.2. The van der Waals surface area contributed by atoms with Gasteiger partial charge in [0.15, 0.2) is 0 Å². The van der Waals surface area contributed by atoms with Gasteiger partial charge in [-0.05, 0) is 36.2 Å². The van der Waals surface area contributed by atoms with Crippen LogP contribution in [0.4, 0.5) is 0 Å². The van der Waals surface area contributed by atoms with Gasteiger partial charge in [-0.25, -0.2) is 13.1 Å². The van der Waals surface area contributed by atoms with E-state index in [1.807, 2.05) is 6.07 Å². The summed E-state index contributed by atoms with van der Waals surface area (Å²) in [6.45, 7) is 5.30. The molecule has 4 rings (SSSR count). The summed E-state index contributed by atoms with van der Waals surface area (Å²) >= 11 is 0. The van der Waals surface area contributed by atoms with Crippen LogP contribution >= 0.6 is 0 Å². The summed E-state index contributed by atoms with van der Waals surface area (Å²) in [6, 6.07) is 30.2. The second-order valence-electron chi connectivity index (χ2n) is 8.17. The molecular formula is C26H31N3O2S. The predicted molar refractivity (Wildman–Crippen MR) is 129 cm³/mol. The molecule has 168 valence electrons. The Bertz CT molecular complexity index is 1010. The van der Waals surface area contributed by atoms with Crippen LogP contribution in [0.25, 0.3) is 0 Å². The highest BCUT2D eigenvalue weighted by atomic mass is 32.2. The Morgan fingerprint density at radius 3 is 1.75 bits per heavy atom. The van der Waals surface area contributed by atoms with Gasteiger partial charge in [0, 0.05) is 32.7 Å². The molecule has 32 heavy (non-hydrogen) atoms. The van der Waals surface area contributed by atoms with Crippen LogP contribution < -0.4 is 4.72 Å². The van der Waals surface area contributed by atoms with Crippen molar-refractivity contribution in [1.29, 1.82) is 0 Å². The molecule has 6 heteroatoms. The molecule has 5 nitrogen and oxygen atoms in total. The van der Waals surface area contributed by atoms with E-state index in [2.05, 4.69) is 75.2 Å². The highest BCUT2D eigenvalue weighted by Gasteiger charge is 2.26. The zero-order valence-electron chi connectivity index (χ0n) is 18.3. The molecule has 0 aromatic heterocycles. The Labute approximate surface area is 191 Å². The van der Waals surface area contributed by atoms with Crippen LogP contribution in [0.2, 0.25) is 0 Å². The third-order valence-corrected chi connectivity index (χ3v) is 7.48. The van der Waals surface area contributed by atoms with E-state index in [4.69, 9.17) is 0 Å². The van der Waals surface area contributed by atoms with Crippen molar-refractivity contribution < 1.29 is 8.42 Å². The summed E-state index contributed by atoms with van der Waals surface area (Å²) in [5.74, 6) is 0. The standard InChI is InChI=1S/C26H31N3O2S/c30-32(31,25-15-8-3-9-16-25)27-17-10-18-28-19-21-29(22-20-28)26(23-11-4-1-5-12-23)24-13-6-2-7-14-24/h1-9,11-16,26-27H,10,17-22H2. The molecular weight excluding hydrogens is 418 g/mol. The van der Waals surface area contributed by atoms with E-state index in [-0.39, 0.29) is 6.04 Å². The monoisotopic (exact) mass is 449 g/mol. The van der Waals surface area contributed by atoms with Gasteiger partial charge in [-0.3, -0.25) is 4.90 Å². The van der Waals surface area contributed by atoms with Crippen LogP contribution in [0.1, 0.15) is 23.6 Å². The molecule has 1 N–H and O–H groups in total. The summed E-state index contributed by atoms with van der Waals surface area (Å²) in [5.41, 5.74) is 2.64. The van der Waals surface area contributed by atoms with E-state index in [1.165, 1.54) is 11.1 Å². The number of nitrogens with zero attached hydrogens (tertiary/aromatic N) is 2. The van der Waals surface area contributed by atoms with Crippen LogP contribution in [-0.4, -0.2) is 57.5 Å². The molecule has 0 spiro atoms. The maximum absolute atomic E-state index is 12.3. The van der Waals surface area contributed by atoms with Crippen LogP contribution in [0.15, 0.2) is 95.9 Å². The molecule has 1 heterocycles. The van der Waals surface area contributed by atoms with Crippen molar-refractivity contribution in [3.8, 4) is 0 Å². The Hall–Kier alpha value is -2.51. The average Bonchev–Trinajstić information content (AvgIpc) is 2.85. The minimum absolute atomic E-state index is 0.261. The smallest absolute Gasteiger partial charge is 0.240 e. The molecule has 0 radical (unpaired) electrons. The highest BCUT2D eigenvalue weighted by molar-refractivity contribution is 7.89. The molecule has 3 aromatic rings. The molecule has 1 aliphatic heterocycles. The van der Waals surface area contributed by atoms with Gasteiger partial charge in [0.1, 0.15) is 0 Å². The van der Waals surface area contributed by atoms with Crippen molar-refractivity contribution in [2.24, 2.45) is 0 Å². The molecule has 0 unspecified atom stereocenters. The number of hydrogen-bond acceptors (Lipinski definition) is 4. The van der Waals surface area contributed by atoms with E-state index in [9.17, 15) is 8.42 Å².